The topological polar surface area (TPSA) is 15.3 Å². The number of fused-ring (bicyclic) bond motifs is 1. The van der Waals surface area contributed by atoms with Crippen LogP contribution >= 0.6 is 11.8 Å². The molecule has 1 N–H and O–H groups in total. The summed E-state index contributed by atoms with van der Waals surface area (Å²) in [6.45, 7) is 11.9. The zero-order chi connectivity index (χ0) is 14.9. The maximum Gasteiger partial charge on any atom is 0.0243 e. The number of nitrogens with zero attached hydrogens (tertiary/aromatic N) is 1. The molecular formula is C18H28N2S. The number of hydrogen-bond acceptors (Lipinski definition) is 3. The molecule has 1 aromatic rings. The Balaban J connectivity index is 1.67. The van der Waals surface area contributed by atoms with Crippen LogP contribution in [0.5, 0.6) is 0 Å². The van der Waals surface area contributed by atoms with Crippen LogP contribution in [-0.4, -0.2) is 42.9 Å². The molecule has 116 valence electrons. The van der Waals surface area contributed by atoms with Crippen molar-refractivity contribution < 1.29 is 0 Å². The van der Waals surface area contributed by atoms with Crippen LogP contribution < -0.4 is 5.32 Å². The van der Waals surface area contributed by atoms with Gasteiger partial charge in [-0.05, 0) is 36.6 Å². The van der Waals surface area contributed by atoms with Crippen molar-refractivity contribution in [1.82, 2.24) is 10.2 Å². The third-order valence-corrected chi connectivity index (χ3v) is 6.06. The molecule has 0 aliphatic carbocycles. The molecule has 3 rings (SSSR count). The molecule has 2 atom stereocenters. The molecule has 1 saturated heterocycles. The molecule has 0 amide bonds. The van der Waals surface area contributed by atoms with Gasteiger partial charge in [-0.3, -0.25) is 0 Å². The van der Waals surface area contributed by atoms with Crippen molar-refractivity contribution in [2.75, 3.05) is 31.9 Å². The van der Waals surface area contributed by atoms with Crippen molar-refractivity contribution in [2.24, 2.45) is 5.41 Å². The van der Waals surface area contributed by atoms with Crippen LogP contribution in [0.1, 0.15) is 38.7 Å². The lowest BCUT2D eigenvalue weighted by molar-refractivity contribution is 0.192. The first-order valence-electron chi connectivity index (χ1n) is 8.21. The molecular weight excluding hydrogens is 276 g/mol. The first-order valence-corrected chi connectivity index (χ1v) is 9.20. The van der Waals surface area contributed by atoms with Gasteiger partial charge in [0, 0.05) is 35.7 Å². The molecule has 3 heteroatoms. The van der Waals surface area contributed by atoms with E-state index in [1.165, 1.54) is 36.7 Å². The van der Waals surface area contributed by atoms with E-state index >= 15 is 0 Å². The second-order valence-corrected chi connectivity index (χ2v) is 8.59. The predicted molar refractivity (Wildman–Crippen MR) is 92.2 cm³/mol. The van der Waals surface area contributed by atoms with Crippen LogP contribution in [0.4, 0.5) is 0 Å². The molecule has 2 aliphatic heterocycles. The highest BCUT2D eigenvalue weighted by Crippen LogP contribution is 2.39. The van der Waals surface area contributed by atoms with Crippen molar-refractivity contribution >= 4 is 11.8 Å². The maximum absolute atomic E-state index is 3.75. The van der Waals surface area contributed by atoms with Crippen LogP contribution in [0.3, 0.4) is 0 Å². The average Bonchev–Trinajstić information content (AvgIpc) is 2.68. The first kappa shape index (κ1) is 15.4. The number of nitrogens with one attached hydrogen (secondary N) is 1. The summed E-state index contributed by atoms with van der Waals surface area (Å²) in [5.41, 5.74) is 1.91. The highest BCUT2D eigenvalue weighted by molar-refractivity contribution is 7.99. The summed E-state index contributed by atoms with van der Waals surface area (Å²) in [4.78, 5) is 4.20. The molecule has 2 nitrogen and oxygen atoms in total. The molecule has 0 radical (unpaired) electrons. The van der Waals surface area contributed by atoms with E-state index in [0.29, 0.717) is 17.4 Å². The SMILES string of the molecule is CC(C)(C)C1CN(CC2CSc3ccccc32)CCCN1. The van der Waals surface area contributed by atoms with E-state index in [1.54, 1.807) is 5.56 Å². The Bertz CT molecular complexity index is 480. The minimum atomic E-state index is 0.338. The molecule has 0 aromatic heterocycles. The fourth-order valence-electron chi connectivity index (χ4n) is 3.43. The smallest absolute Gasteiger partial charge is 0.0243 e. The predicted octanol–water partition coefficient (Wildman–Crippen LogP) is 3.59. The van der Waals surface area contributed by atoms with Gasteiger partial charge < -0.3 is 10.2 Å². The number of benzene rings is 1. The van der Waals surface area contributed by atoms with Gasteiger partial charge in [0.1, 0.15) is 0 Å². The Labute approximate surface area is 133 Å². The van der Waals surface area contributed by atoms with Gasteiger partial charge in [0.15, 0.2) is 0 Å². The van der Waals surface area contributed by atoms with E-state index in [1.807, 2.05) is 11.8 Å². The standard InChI is InChI=1S/C18H28N2S/c1-18(2,3)17-12-20(10-6-9-19-17)11-14-13-21-16-8-5-4-7-15(14)16/h4-5,7-8,14,17,19H,6,9-13H2,1-3H3. The highest BCUT2D eigenvalue weighted by atomic mass is 32.2. The van der Waals surface area contributed by atoms with E-state index in [0.717, 1.165) is 6.54 Å². The molecule has 0 saturated carbocycles. The number of hydrogen-bond donors (Lipinski definition) is 1. The van der Waals surface area contributed by atoms with Crippen LogP contribution in [-0.2, 0) is 0 Å². The fraction of sp³-hybridized carbons (Fsp3) is 0.667. The fourth-order valence-corrected chi connectivity index (χ4v) is 4.67. The summed E-state index contributed by atoms with van der Waals surface area (Å²) in [7, 11) is 0. The van der Waals surface area contributed by atoms with Gasteiger partial charge >= 0.3 is 0 Å². The Morgan fingerprint density at radius 1 is 1.29 bits per heavy atom. The van der Waals surface area contributed by atoms with E-state index in [2.05, 4.69) is 55.3 Å². The van der Waals surface area contributed by atoms with Crippen molar-refractivity contribution in [2.45, 2.75) is 44.0 Å². The lowest BCUT2D eigenvalue weighted by Gasteiger charge is -2.34. The Kier molecular flexibility index (Phi) is 4.63. The maximum atomic E-state index is 3.75. The van der Waals surface area contributed by atoms with Gasteiger partial charge in [-0.1, -0.05) is 39.0 Å². The third kappa shape index (κ3) is 3.64. The third-order valence-electron chi connectivity index (χ3n) is 4.81. The Hall–Kier alpha value is -0.510. The summed E-state index contributed by atoms with van der Waals surface area (Å²) in [5, 5.41) is 3.75. The molecule has 21 heavy (non-hydrogen) atoms. The van der Waals surface area contributed by atoms with Gasteiger partial charge in [-0.25, -0.2) is 0 Å². The lowest BCUT2D eigenvalue weighted by atomic mass is 9.86. The second-order valence-electron chi connectivity index (χ2n) is 7.53. The summed E-state index contributed by atoms with van der Waals surface area (Å²) >= 11 is 2.03. The quantitative estimate of drug-likeness (QED) is 0.899. The van der Waals surface area contributed by atoms with Crippen LogP contribution in [0, 0.1) is 5.41 Å². The zero-order valence-electron chi connectivity index (χ0n) is 13.6. The van der Waals surface area contributed by atoms with E-state index in [4.69, 9.17) is 0 Å². The van der Waals surface area contributed by atoms with Gasteiger partial charge in [0.25, 0.3) is 0 Å². The van der Waals surface area contributed by atoms with E-state index in [9.17, 15) is 0 Å². The number of thioether (sulfide) groups is 1. The molecule has 2 aliphatic rings. The lowest BCUT2D eigenvalue weighted by Crippen LogP contribution is -2.46. The molecule has 1 fully saturated rings. The molecule has 1 aromatic carbocycles. The Morgan fingerprint density at radius 3 is 2.90 bits per heavy atom. The average molecular weight is 305 g/mol. The largest absolute Gasteiger partial charge is 0.312 e. The molecule has 2 heterocycles. The minimum Gasteiger partial charge on any atom is -0.312 e. The van der Waals surface area contributed by atoms with Crippen LogP contribution in [0.25, 0.3) is 0 Å². The van der Waals surface area contributed by atoms with Crippen molar-refractivity contribution in [3.63, 3.8) is 0 Å². The summed E-state index contributed by atoms with van der Waals surface area (Å²) in [5.74, 6) is 1.97. The van der Waals surface area contributed by atoms with E-state index < -0.39 is 0 Å². The molecule has 0 spiro atoms. The second kappa shape index (κ2) is 6.31. The monoisotopic (exact) mass is 304 g/mol. The van der Waals surface area contributed by atoms with Crippen molar-refractivity contribution in [1.29, 1.82) is 0 Å². The van der Waals surface area contributed by atoms with Gasteiger partial charge in [-0.15, -0.1) is 11.8 Å². The molecule has 0 bridgehead atoms. The Morgan fingerprint density at radius 2 is 2.10 bits per heavy atom. The molecule has 2 unspecified atom stereocenters. The zero-order valence-corrected chi connectivity index (χ0v) is 14.4. The van der Waals surface area contributed by atoms with Crippen molar-refractivity contribution in [3.8, 4) is 0 Å². The normalized spacial score (nSPS) is 27.4. The van der Waals surface area contributed by atoms with Gasteiger partial charge in [0.05, 0.1) is 0 Å². The summed E-state index contributed by atoms with van der Waals surface area (Å²) in [6, 6.07) is 9.57. The number of rotatable bonds is 2. The highest BCUT2D eigenvalue weighted by Gasteiger charge is 2.30. The van der Waals surface area contributed by atoms with Gasteiger partial charge in [0.2, 0.25) is 0 Å². The first-order chi connectivity index (χ1) is 10.0. The summed E-state index contributed by atoms with van der Waals surface area (Å²) < 4.78 is 0. The van der Waals surface area contributed by atoms with E-state index in [-0.39, 0.29) is 0 Å². The van der Waals surface area contributed by atoms with Crippen molar-refractivity contribution in [3.05, 3.63) is 29.8 Å². The van der Waals surface area contributed by atoms with Gasteiger partial charge in [-0.2, -0.15) is 0 Å². The van der Waals surface area contributed by atoms with Crippen LogP contribution in [0.2, 0.25) is 0 Å². The van der Waals surface area contributed by atoms with Crippen LogP contribution in [0.15, 0.2) is 29.2 Å². The minimum absolute atomic E-state index is 0.338. The summed E-state index contributed by atoms with van der Waals surface area (Å²) in [6.07, 6.45) is 1.27.